The van der Waals surface area contributed by atoms with Crippen molar-refractivity contribution in [1.82, 2.24) is 10.3 Å². The first kappa shape index (κ1) is 18.1. The lowest BCUT2D eigenvalue weighted by molar-refractivity contribution is 0.0951. The third-order valence-corrected chi connectivity index (χ3v) is 3.54. The summed E-state index contributed by atoms with van der Waals surface area (Å²) < 4.78 is 0. The standard InChI is InChI=1S/C19H20N4O2/c1-13(2)7-8-22-18(24)15-9-16(12-21-11-15)19(25)23-17-5-3-14(10-20)4-6-17/h3-6,9,11-13H,7-8H2,1-2H3,(H,22,24)(H,23,25). The third kappa shape index (κ3) is 5.43. The molecule has 0 saturated carbocycles. The molecule has 0 bridgehead atoms. The van der Waals surface area contributed by atoms with Gasteiger partial charge in [-0.1, -0.05) is 13.8 Å². The number of hydrogen-bond donors (Lipinski definition) is 2. The predicted octanol–water partition coefficient (Wildman–Crippen LogP) is 2.98. The highest BCUT2D eigenvalue weighted by Gasteiger charge is 2.11. The van der Waals surface area contributed by atoms with E-state index < -0.39 is 0 Å². The Labute approximate surface area is 146 Å². The van der Waals surface area contributed by atoms with Gasteiger partial charge in [0, 0.05) is 24.6 Å². The molecule has 0 radical (unpaired) electrons. The minimum Gasteiger partial charge on any atom is -0.352 e. The monoisotopic (exact) mass is 336 g/mol. The first-order valence-corrected chi connectivity index (χ1v) is 8.04. The molecular weight excluding hydrogens is 316 g/mol. The number of nitriles is 1. The molecule has 2 rings (SSSR count). The summed E-state index contributed by atoms with van der Waals surface area (Å²) in [4.78, 5) is 28.4. The third-order valence-electron chi connectivity index (χ3n) is 3.54. The van der Waals surface area contributed by atoms with Crippen LogP contribution in [0.25, 0.3) is 0 Å². The molecule has 0 fully saturated rings. The zero-order valence-electron chi connectivity index (χ0n) is 14.2. The average molecular weight is 336 g/mol. The zero-order valence-corrected chi connectivity index (χ0v) is 14.2. The van der Waals surface area contributed by atoms with Crippen molar-refractivity contribution in [1.29, 1.82) is 5.26 Å². The Hall–Kier alpha value is -3.20. The van der Waals surface area contributed by atoms with Crippen LogP contribution in [-0.2, 0) is 0 Å². The van der Waals surface area contributed by atoms with Crippen molar-refractivity contribution >= 4 is 17.5 Å². The number of nitrogens with one attached hydrogen (secondary N) is 2. The molecule has 128 valence electrons. The van der Waals surface area contributed by atoms with E-state index in [1.54, 1.807) is 24.3 Å². The summed E-state index contributed by atoms with van der Waals surface area (Å²) >= 11 is 0. The first-order valence-electron chi connectivity index (χ1n) is 8.04. The van der Waals surface area contributed by atoms with Gasteiger partial charge < -0.3 is 10.6 Å². The van der Waals surface area contributed by atoms with Crippen LogP contribution < -0.4 is 10.6 Å². The predicted molar refractivity (Wildman–Crippen MR) is 95.1 cm³/mol. The highest BCUT2D eigenvalue weighted by Crippen LogP contribution is 2.11. The number of anilines is 1. The molecule has 0 atom stereocenters. The Morgan fingerprint density at radius 2 is 1.76 bits per heavy atom. The van der Waals surface area contributed by atoms with Gasteiger partial charge in [0.2, 0.25) is 0 Å². The van der Waals surface area contributed by atoms with Gasteiger partial charge in [-0.2, -0.15) is 5.26 Å². The first-order chi connectivity index (χ1) is 12.0. The number of aromatic nitrogens is 1. The molecule has 0 aliphatic heterocycles. The van der Waals surface area contributed by atoms with Crippen molar-refractivity contribution in [2.24, 2.45) is 5.92 Å². The van der Waals surface area contributed by atoms with Crippen molar-refractivity contribution in [3.05, 3.63) is 59.4 Å². The van der Waals surface area contributed by atoms with Gasteiger partial charge in [-0.15, -0.1) is 0 Å². The molecule has 2 N–H and O–H groups in total. The number of nitrogens with zero attached hydrogens (tertiary/aromatic N) is 2. The van der Waals surface area contributed by atoms with E-state index in [0.717, 1.165) is 6.42 Å². The van der Waals surface area contributed by atoms with Crippen LogP contribution in [0.3, 0.4) is 0 Å². The summed E-state index contributed by atoms with van der Waals surface area (Å²) in [5.41, 5.74) is 1.72. The summed E-state index contributed by atoms with van der Waals surface area (Å²) in [6.07, 6.45) is 3.73. The van der Waals surface area contributed by atoms with E-state index in [2.05, 4.69) is 29.5 Å². The van der Waals surface area contributed by atoms with E-state index in [4.69, 9.17) is 5.26 Å². The molecule has 6 nitrogen and oxygen atoms in total. The Bertz CT molecular complexity index is 792. The molecule has 2 amide bonds. The average Bonchev–Trinajstić information content (AvgIpc) is 2.62. The van der Waals surface area contributed by atoms with Crippen LogP contribution >= 0.6 is 0 Å². The summed E-state index contributed by atoms with van der Waals surface area (Å²) in [7, 11) is 0. The fraction of sp³-hybridized carbons (Fsp3) is 0.263. The van der Waals surface area contributed by atoms with Crippen molar-refractivity contribution in [3.63, 3.8) is 0 Å². The van der Waals surface area contributed by atoms with Crippen LogP contribution in [0.1, 0.15) is 46.5 Å². The quantitative estimate of drug-likeness (QED) is 0.848. The van der Waals surface area contributed by atoms with Gasteiger partial charge >= 0.3 is 0 Å². The fourth-order valence-corrected chi connectivity index (χ4v) is 2.10. The van der Waals surface area contributed by atoms with Crippen LogP contribution in [0.4, 0.5) is 5.69 Å². The lowest BCUT2D eigenvalue weighted by Crippen LogP contribution is -2.26. The number of hydrogen-bond acceptors (Lipinski definition) is 4. The van der Waals surface area contributed by atoms with Gasteiger partial charge in [-0.25, -0.2) is 0 Å². The van der Waals surface area contributed by atoms with Crippen molar-refractivity contribution in [2.75, 3.05) is 11.9 Å². The molecule has 2 aromatic rings. The van der Waals surface area contributed by atoms with Gasteiger partial charge in [-0.3, -0.25) is 14.6 Å². The molecule has 6 heteroatoms. The Balaban J connectivity index is 2.02. The molecule has 0 aliphatic rings. The molecule has 1 aromatic carbocycles. The molecular formula is C19H20N4O2. The number of carbonyl (C=O) groups excluding carboxylic acids is 2. The summed E-state index contributed by atoms with van der Waals surface area (Å²) in [6, 6.07) is 10.1. The molecule has 0 saturated heterocycles. The molecule has 1 aromatic heterocycles. The van der Waals surface area contributed by atoms with E-state index in [-0.39, 0.29) is 11.8 Å². The molecule has 0 spiro atoms. The van der Waals surface area contributed by atoms with Gasteiger partial charge in [0.05, 0.1) is 22.8 Å². The number of pyridine rings is 1. The maximum Gasteiger partial charge on any atom is 0.257 e. The van der Waals surface area contributed by atoms with E-state index in [0.29, 0.717) is 34.8 Å². The maximum atomic E-state index is 12.3. The number of rotatable bonds is 6. The number of benzene rings is 1. The summed E-state index contributed by atoms with van der Waals surface area (Å²) in [5, 5.41) is 14.3. The second-order valence-electron chi connectivity index (χ2n) is 6.04. The highest BCUT2D eigenvalue weighted by atomic mass is 16.2. The second kappa shape index (κ2) is 8.60. The van der Waals surface area contributed by atoms with Gasteiger partial charge in [-0.05, 0) is 42.7 Å². The Morgan fingerprint density at radius 3 is 2.36 bits per heavy atom. The molecule has 0 aliphatic carbocycles. The van der Waals surface area contributed by atoms with Crippen LogP contribution in [0.5, 0.6) is 0 Å². The van der Waals surface area contributed by atoms with E-state index in [9.17, 15) is 9.59 Å². The maximum absolute atomic E-state index is 12.3. The van der Waals surface area contributed by atoms with E-state index in [1.165, 1.54) is 18.5 Å². The minimum absolute atomic E-state index is 0.249. The van der Waals surface area contributed by atoms with Crippen molar-refractivity contribution in [3.8, 4) is 6.07 Å². The minimum atomic E-state index is -0.367. The van der Waals surface area contributed by atoms with Crippen LogP contribution in [0.15, 0.2) is 42.7 Å². The molecule has 1 heterocycles. The largest absolute Gasteiger partial charge is 0.352 e. The SMILES string of the molecule is CC(C)CCNC(=O)c1cncc(C(=O)Nc2ccc(C#N)cc2)c1. The Kier molecular flexibility index (Phi) is 6.24. The van der Waals surface area contributed by atoms with Crippen molar-refractivity contribution in [2.45, 2.75) is 20.3 Å². The van der Waals surface area contributed by atoms with Gasteiger partial charge in [0.15, 0.2) is 0 Å². The fourth-order valence-electron chi connectivity index (χ4n) is 2.10. The summed E-state index contributed by atoms with van der Waals surface area (Å²) in [6.45, 7) is 4.75. The zero-order chi connectivity index (χ0) is 18.2. The smallest absolute Gasteiger partial charge is 0.257 e. The van der Waals surface area contributed by atoms with Crippen molar-refractivity contribution < 1.29 is 9.59 Å². The van der Waals surface area contributed by atoms with Crippen LogP contribution in [0.2, 0.25) is 0 Å². The van der Waals surface area contributed by atoms with Gasteiger partial charge in [0.25, 0.3) is 11.8 Å². The van der Waals surface area contributed by atoms with E-state index >= 15 is 0 Å². The number of carbonyl (C=O) groups is 2. The molecule has 25 heavy (non-hydrogen) atoms. The Morgan fingerprint density at radius 1 is 1.12 bits per heavy atom. The second-order valence-corrected chi connectivity index (χ2v) is 6.04. The highest BCUT2D eigenvalue weighted by molar-refractivity contribution is 6.05. The van der Waals surface area contributed by atoms with E-state index in [1.807, 2.05) is 6.07 Å². The topological polar surface area (TPSA) is 94.9 Å². The van der Waals surface area contributed by atoms with Gasteiger partial charge in [0.1, 0.15) is 0 Å². The summed E-state index contributed by atoms with van der Waals surface area (Å²) in [5.74, 6) is -0.113. The van der Waals surface area contributed by atoms with Crippen LogP contribution in [-0.4, -0.2) is 23.3 Å². The number of amides is 2. The normalized spacial score (nSPS) is 10.2. The molecule has 0 unspecified atom stereocenters. The lowest BCUT2D eigenvalue weighted by Gasteiger charge is -2.08. The lowest BCUT2D eigenvalue weighted by atomic mass is 10.1. The van der Waals surface area contributed by atoms with Crippen LogP contribution in [0, 0.1) is 17.2 Å².